The van der Waals surface area contributed by atoms with Crippen LogP contribution in [0.1, 0.15) is 31.3 Å². The predicted octanol–water partition coefficient (Wildman–Crippen LogP) is 3.70. The van der Waals surface area contributed by atoms with Crippen LogP contribution < -0.4 is 10.5 Å². The highest BCUT2D eigenvalue weighted by molar-refractivity contribution is 7.89. The van der Waals surface area contributed by atoms with E-state index in [1.165, 1.54) is 30.3 Å². The first-order chi connectivity index (χ1) is 13.0. The Balaban J connectivity index is 1.99. The number of nitrogen functional groups attached to an aromatic ring is 1. The summed E-state index contributed by atoms with van der Waals surface area (Å²) in [7, 11) is -3.86. The van der Waals surface area contributed by atoms with Gasteiger partial charge in [-0.15, -0.1) is 0 Å². The standard InChI is InChI=1S/C18H19F3N4O2S/c1-3-25-16-10-12(18(19,20)21)4-9-15(16)23-17(25)11(2)24-28(26,27)14-7-5-13(22)6-8-14/h4-11,24H,3,22H2,1-2H3/t11-/m1/s1. The number of nitrogens with one attached hydrogen (secondary N) is 1. The Morgan fingerprint density at radius 3 is 2.39 bits per heavy atom. The Bertz CT molecular complexity index is 1110. The largest absolute Gasteiger partial charge is 0.416 e. The van der Waals surface area contributed by atoms with Gasteiger partial charge in [0.15, 0.2) is 0 Å². The second kappa shape index (κ2) is 7.10. The molecule has 28 heavy (non-hydrogen) atoms. The monoisotopic (exact) mass is 412 g/mol. The Kier molecular flexibility index (Phi) is 5.11. The quantitative estimate of drug-likeness (QED) is 0.626. The summed E-state index contributed by atoms with van der Waals surface area (Å²) in [6.07, 6.45) is -4.47. The molecular formula is C18H19F3N4O2S. The summed E-state index contributed by atoms with van der Waals surface area (Å²) < 4.78 is 68.3. The van der Waals surface area contributed by atoms with E-state index in [0.29, 0.717) is 29.1 Å². The molecule has 150 valence electrons. The van der Waals surface area contributed by atoms with Crippen molar-refractivity contribution in [2.75, 3.05) is 5.73 Å². The Morgan fingerprint density at radius 1 is 1.18 bits per heavy atom. The van der Waals surface area contributed by atoms with Crippen LogP contribution in [0.5, 0.6) is 0 Å². The summed E-state index contributed by atoms with van der Waals surface area (Å²) in [5.74, 6) is 0.329. The minimum atomic E-state index is -4.47. The van der Waals surface area contributed by atoms with Crippen molar-refractivity contribution in [2.24, 2.45) is 0 Å². The second-order valence-corrected chi connectivity index (χ2v) is 8.04. The molecule has 0 saturated heterocycles. The minimum Gasteiger partial charge on any atom is -0.399 e. The average Bonchev–Trinajstić information content (AvgIpc) is 2.99. The van der Waals surface area contributed by atoms with Gasteiger partial charge >= 0.3 is 6.18 Å². The van der Waals surface area contributed by atoms with Crippen LogP contribution in [0.25, 0.3) is 11.0 Å². The van der Waals surface area contributed by atoms with E-state index in [2.05, 4.69) is 9.71 Å². The van der Waals surface area contributed by atoms with E-state index in [9.17, 15) is 21.6 Å². The zero-order valence-corrected chi connectivity index (χ0v) is 16.0. The number of halogens is 3. The van der Waals surface area contributed by atoms with Gasteiger partial charge in [-0.1, -0.05) is 0 Å². The lowest BCUT2D eigenvalue weighted by Gasteiger charge is -2.16. The molecule has 3 N–H and O–H groups in total. The lowest BCUT2D eigenvalue weighted by atomic mass is 10.2. The molecule has 0 aliphatic carbocycles. The van der Waals surface area contributed by atoms with Crippen molar-refractivity contribution in [3.63, 3.8) is 0 Å². The number of benzene rings is 2. The highest BCUT2D eigenvalue weighted by Gasteiger charge is 2.31. The zero-order valence-electron chi connectivity index (χ0n) is 15.2. The maximum atomic E-state index is 13.0. The maximum Gasteiger partial charge on any atom is 0.416 e. The lowest BCUT2D eigenvalue weighted by Crippen LogP contribution is -2.28. The topological polar surface area (TPSA) is 90.0 Å². The summed E-state index contributed by atoms with van der Waals surface area (Å²) in [5.41, 5.74) is 5.89. The van der Waals surface area contributed by atoms with Crippen LogP contribution in [0.4, 0.5) is 18.9 Å². The number of nitrogens with two attached hydrogens (primary N) is 1. The molecule has 10 heteroatoms. The van der Waals surface area contributed by atoms with E-state index < -0.39 is 27.8 Å². The molecule has 0 aliphatic rings. The van der Waals surface area contributed by atoms with Crippen molar-refractivity contribution >= 4 is 26.7 Å². The van der Waals surface area contributed by atoms with Crippen LogP contribution in [-0.2, 0) is 22.7 Å². The van der Waals surface area contributed by atoms with E-state index >= 15 is 0 Å². The van der Waals surface area contributed by atoms with Gasteiger partial charge in [0.2, 0.25) is 10.0 Å². The van der Waals surface area contributed by atoms with Gasteiger partial charge in [-0.05, 0) is 56.3 Å². The third-order valence-electron chi connectivity index (χ3n) is 4.33. The first-order valence-electron chi connectivity index (χ1n) is 8.48. The van der Waals surface area contributed by atoms with E-state index in [4.69, 9.17) is 5.73 Å². The second-order valence-electron chi connectivity index (χ2n) is 6.33. The Labute approximate surface area is 160 Å². The molecule has 1 atom stereocenters. The molecule has 0 aliphatic heterocycles. The van der Waals surface area contributed by atoms with Crippen LogP contribution in [0.15, 0.2) is 47.4 Å². The van der Waals surface area contributed by atoms with Crippen LogP contribution in [-0.4, -0.2) is 18.0 Å². The molecule has 2 aromatic carbocycles. The molecule has 0 bridgehead atoms. The highest BCUT2D eigenvalue weighted by atomic mass is 32.2. The van der Waals surface area contributed by atoms with Crippen LogP contribution in [0.3, 0.4) is 0 Å². The fourth-order valence-corrected chi connectivity index (χ4v) is 4.18. The van der Waals surface area contributed by atoms with Gasteiger partial charge in [-0.2, -0.15) is 13.2 Å². The van der Waals surface area contributed by atoms with E-state index in [0.717, 1.165) is 12.1 Å². The van der Waals surface area contributed by atoms with Crippen molar-refractivity contribution in [1.29, 1.82) is 0 Å². The number of hydrogen-bond donors (Lipinski definition) is 2. The molecule has 0 amide bonds. The van der Waals surface area contributed by atoms with Crippen LogP contribution in [0, 0.1) is 0 Å². The van der Waals surface area contributed by atoms with Gasteiger partial charge in [-0.25, -0.2) is 18.1 Å². The summed E-state index contributed by atoms with van der Waals surface area (Å²) in [4.78, 5) is 4.38. The van der Waals surface area contributed by atoms with Crippen LogP contribution in [0.2, 0.25) is 0 Å². The summed E-state index contributed by atoms with van der Waals surface area (Å²) in [6.45, 7) is 3.68. The molecule has 0 radical (unpaired) electrons. The first kappa shape index (κ1) is 20.2. The smallest absolute Gasteiger partial charge is 0.399 e. The fourth-order valence-electron chi connectivity index (χ4n) is 2.98. The molecule has 0 spiro atoms. The first-order valence-corrected chi connectivity index (χ1v) is 9.96. The van der Waals surface area contributed by atoms with Crippen LogP contribution >= 0.6 is 0 Å². The third-order valence-corrected chi connectivity index (χ3v) is 5.89. The third kappa shape index (κ3) is 3.83. The number of fused-ring (bicyclic) bond motifs is 1. The number of sulfonamides is 1. The minimum absolute atomic E-state index is 0.0343. The van der Waals surface area contributed by atoms with Crippen molar-refractivity contribution in [3.05, 3.63) is 53.9 Å². The summed E-state index contributed by atoms with van der Waals surface area (Å²) >= 11 is 0. The molecule has 1 aromatic heterocycles. The number of aromatic nitrogens is 2. The summed E-state index contributed by atoms with van der Waals surface area (Å²) in [5, 5.41) is 0. The molecule has 6 nitrogen and oxygen atoms in total. The van der Waals surface area contributed by atoms with Gasteiger partial charge in [0.1, 0.15) is 5.82 Å². The van der Waals surface area contributed by atoms with Crippen molar-refractivity contribution in [2.45, 2.75) is 37.5 Å². The van der Waals surface area contributed by atoms with Gasteiger partial charge in [0.25, 0.3) is 0 Å². The van der Waals surface area contributed by atoms with Crippen molar-refractivity contribution < 1.29 is 21.6 Å². The molecule has 3 aromatic rings. The van der Waals surface area contributed by atoms with E-state index in [1.807, 2.05) is 0 Å². The normalized spacial score (nSPS) is 13.8. The zero-order chi connectivity index (χ0) is 20.7. The van der Waals surface area contributed by atoms with Gasteiger partial charge < -0.3 is 10.3 Å². The number of rotatable bonds is 5. The molecule has 0 saturated carbocycles. The lowest BCUT2D eigenvalue weighted by molar-refractivity contribution is -0.137. The van der Waals surface area contributed by atoms with Gasteiger partial charge in [-0.3, -0.25) is 0 Å². The molecule has 0 fully saturated rings. The highest BCUT2D eigenvalue weighted by Crippen LogP contribution is 2.32. The van der Waals surface area contributed by atoms with Crippen molar-refractivity contribution in [3.8, 4) is 0 Å². The number of aryl methyl sites for hydroxylation is 1. The molecule has 3 rings (SSSR count). The van der Waals surface area contributed by atoms with E-state index in [1.54, 1.807) is 18.4 Å². The number of imidazole rings is 1. The number of anilines is 1. The molecular weight excluding hydrogens is 393 g/mol. The number of alkyl halides is 3. The van der Waals surface area contributed by atoms with Crippen molar-refractivity contribution in [1.82, 2.24) is 14.3 Å². The maximum absolute atomic E-state index is 13.0. The Hall–Kier alpha value is -2.59. The SMILES string of the molecule is CCn1c([C@@H](C)NS(=O)(=O)c2ccc(N)cc2)nc2ccc(C(F)(F)F)cc21. The predicted molar refractivity (Wildman–Crippen MR) is 100.0 cm³/mol. The molecule has 1 heterocycles. The average molecular weight is 412 g/mol. The molecule has 0 unspecified atom stereocenters. The van der Waals surface area contributed by atoms with E-state index in [-0.39, 0.29) is 4.90 Å². The Morgan fingerprint density at radius 2 is 1.82 bits per heavy atom. The van der Waals surface area contributed by atoms with Gasteiger partial charge in [0, 0.05) is 12.2 Å². The number of nitrogens with zero attached hydrogens (tertiary/aromatic N) is 2. The summed E-state index contributed by atoms with van der Waals surface area (Å²) in [6, 6.07) is 8.21. The van der Waals surface area contributed by atoms with Gasteiger partial charge in [0.05, 0.1) is 27.5 Å². The number of hydrogen-bond acceptors (Lipinski definition) is 4. The fraction of sp³-hybridized carbons (Fsp3) is 0.278.